The van der Waals surface area contributed by atoms with Crippen molar-refractivity contribution in [2.24, 2.45) is 5.41 Å². The van der Waals surface area contributed by atoms with E-state index in [-0.39, 0.29) is 11.5 Å². The summed E-state index contributed by atoms with van der Waals surface area (Å²) in [5.41, 5.74) is 4.97. The molecule has 6 heteroatoms. The monoisotopic (exact) mass is 500 g/mol. The summed E-state index contributed by atoms with van der Waals surface area (Å²) in [5, 5.41) is 0. The van der Waals surface area contributed by atoms with E-state index < -0.39 is 24.0 Å². The topological polar surface area (TPSA) is 78.9 Å². The van der Waals surface area contributed by atoms with Crippen molar-refractivity contribution in [3.05, 3.63) is 84.4 Å². The van der Waals surface area contributed by atoms with E-state index in [2.05, 4.69) is 25.6 Å². The summed E-state index contributed by atoms with van der Waals surface area (Å²) in [6, 6.07) is 20.9. The first-order chi connectivity index (χ1) is 17.5. The van der Waals surface area contributed by atoms with Crippen molar-refractivity contribution in [2.45, 2.75) is 41.0 Å². The summed E-state index contributed by atoms with van der Waals surface area (Å²) in [7, 11) is 0. The maximum absolute atomic E-state index is 12.1. The Kier molecular flexibility index (Phi) is 8.66. The fraction of sp³-hybridized carbons (Fsp3) is 0.258. The van der Waals surface area contributed by atoms with Crippen LogP contribution in [0.4, 0.5) is 0 Å². The van der Waals surface area contributed by atoms with Crippen molar-refractivity contribution in [3.8, 4) is 33.8 Å². The highest BCUT2D eigenvalue weighted by atomic mass is 16.6. The fourth-order valence-electron chi connectivity index (χ4n) is 3.43. The first-order valence-electron chi connectivity index (χ1n) is 12.1. The Bertz CT molecular complexity index is 1300. The second-order valence-electron chi connectivity index (χ2n) is 9.74. The molecular weight excluding hydrogens is 468 g/mol. The van der Waals surface area contributed by atoms with Crippen molar-refractivity contribution in [1.29, 1.82) is 0 Å². The molecule has 0 aliphatic rings. The average Bonchev–Trinajstić information content (AvgIpc) is 2.87. The molecule has 0 saturated heterocycles. The van der Waals surface area contributed by atoms with Crippen LogP contribution in [-0.4, -0.2) is 24.5 Å². The molecule has 0 N–H and O–H groups in total. The van der Waals surface area contributed by atoms with E-state index >= 15 is 0 Å². The quantitative estimate of drug-likeness (QED) is 0.198. The molecule has 3 aromatic rings. The number of aryl methyl sites for hydroxylation is 1. The minimum Gasteiger partial charge on any atom is -0.450 e. The van der Waals surface area contributed by atoms with Gasteiger partial charge in [0.05, 0.1) is 5.41 Å². The highest BCUT2D eigenvalue weighted by Gasteiger charge is 2.23. The molecule has 192 valence electrons. The lowest BCUT2D eigenvalue weighted by Crippen LogP contribution is -2.25. The van der Waals surface area contributed by atoms with Gasteiger partial charge in [-0.25, -0.2) is 9.59 Å². The lowest BCUT2D eigenvalue weighted by atomic mass is 9.93. The largest absolute Gasteiger partial charge is 0.450 e. The Morgan fingerprint density at radius 3 is 1.86 bits per heavy atom. The fourth-order valence-corrected chi connectivity index (χ4v) is 3.43. The molecule has 0 bridgehead atoms. The smallest absolute Gasteiger partial charge is 0.349 e. The number of benzene rings is 3. The third-order valence-electron chi connectivity index (χ3n) is 5.56. The van der Waals surface area contributed by atoms with E-state index in [9.17, 15) is 14.4 Å². The van der Waals surface area contributed by atoms with Crippen LogP contribution in [0.3, 0.4) is 0 Å². The van der Waals surface area contributed by atoms with Gasteiger partial charge >= 0.3 is 17.9 Å². The Morgan fingerprint density at radius 1 is 0.784 bits per heavy atom. The van der Waals surface area contributed by atoms with E-state index in [1.165, 1.54) is 12.5 Å². The predicted octanol–water partition coefficient (Wildman–Crippen LogP) is 6.56. The van der Waals surface area contributed by atoms with Crippen LogP contribution in [0.15, 0.2) is 78.9 Å². The average molecular weight is 501 g/mol. The van der Waals surface area contributed by atoms with E-state index in [1.807, 2.05) is 63.2 Å². The van der Waals surface area contributed by atoms with Crippen LogP contribution in [-0.2, 0) is 25.5 Å². The molecule has 0 unspecified atom stereocenters. The Labute approximate surface area is 217 Å². The van der Waals surface area contributed by atoms with Crippen molar-refractivity contribution in [3.63, 3.8) is 0 Å². The Morgan fingerprint density at radius 2 is 1.32 bits per heavy atom. The number of rotatable bonds is 8. The van der Waals surface area contributed by atoms with Crippen molar-refractivity contribution >= 4 is 17.9 Å². The van der Waals surface area contributed by atoms with E-state index in [0.717, 1.165) is 28.7 Å². The van der Waals surface area contributed by atoms with Gasteiger partial charge in [-0.15, -0.1) is 0 Å². The summed E-state index contributed by atoms with van der Waals surface area (Å²) >= 11 is 0. The summed E-state index contributed by atoms with van der Waals surface area (Å²) in [4.78, 5) is 35.5. The number of hydrogen-bond donors (Lipinski definition) is 0. The molecule has 3 rings (SSSR count). The van der Waals surface area contributed by atoms with Crippen molar-refractivity contribution < 1.29 is 28.6 Å². The number of carbonyl (C=O) groups is 3. The summed E-state index contributed by atoms with van der Waals surface area (Å²) in [6.45, 7) is 12.1. The third-order valence-corrected chi connectivity index (χ3v) is 5.56. The van der Waals surface area contributed by atoms with Crippen LogP contribution in [0.2, 0.25) is 0 Å². The van der Waals surface area contributed by atoms with Crippen LogP contribution in [0.5, 0.6) is 11.5 Å². The molecule has 0 spiro atoms. The maximum atomic E-state index is 12.1. The first-order valence-corrected chi connectivity index (χ1v) is 12.1. The van der Waals surface area contributed by atoms with Crippen LogP contribution in [0, 0.1) is 5.41 Å². The van der Waals surface area contributed by atoms with Crippen LogP contribution < -0.4 is 9.47 Å². The van der Waals surface area contributed by atoms with Crippen LogP contribution in [0.1, 0.15) is 40.2 Å². The SMILES string of the molecule is C=C(C)C(=O)OCC(=O)Oc1ccc(-c2ccc(-c3ccc(OC(=O)C(C)(C)C)cc3)c(CC)c2)cc1. The van der Waals surface area contributed by atoms with Gasteiger partial charge in [0.2, 0.25) is 0 Å². The molecule has 37 heavy (non-hydrogen) atoms. The normalized spacial score (nSPS) is 10.9. The molecule has 0 aromatic heterocycles. The number of ether oxygens (including phenoxy) is 3. The van der Waals surface area contributed by atoms with Gasteiger partial charge in [-0.1, -0.05) is 56.0 Å². The van der Waals surface area contributed by atoms with Crippen molar-refractivity contribution in [1.82, 2.24) is 0 Å². The summed E-state index contributed by atoms with van der Waals surface area (Å²) < 4.78 is 15.5. The van der Waals surface area contributed by atoms with Gasteiger partial charge in [-0.05, 0) is 86.2 Å². The Balaban J connectivity index is 1.71. The molecule has 0 radical (unpaired) electrons. The minimum atomic E-state index is -0.667. The molecular formula is C31H32O6. The van der Waals surface area contributed by atoms with Gasteiger partial charge in [0.25, 0.3) is 0 Å². The summed E-state index contributed by atoms with van der Waals surface area (Å²) in [5.74, 6) is -0.694. The second-order valence-corrected chi connectivity index (χ2v) is 9.74. The van der Waals surface area contributed by atoms with E-state index in [0.29, 0.717) is 11.5 Å². The van der Waals surface area contributed by atoms with Gasteiger partial charge in [-0.3, -0.25) is 4.79 Å². The molecule has 0 aliphatic carbocycles. The highest BCUT2D eigenvalue weighted by molar-refractivity contribution is 5.88. The Hall–Kier alpha value is -4.19. The predicted molar refractivity (Wildman–Crippen MR) is 143 cm³/mol. The lowest BCUT2D eigenvalue weighted by Gasteiger charge is -2.16. The molecule has 0 saturated carbocycles. The molecule has 0 fully saturated rings. The zero-order valence-corrected chi connectivity index (χ0v) is 21.9. The molecule has 0 aliphatic heterocycles. The van der Waals surface area contributed by atoms with E-state index in [1.54, 1.807) is 12.1 Å². The molecule has 0 amide bonds. The molecule has 0 atom stereocenters. The molecule has 0 heterocycles. The number of hydrogen-bond acceptors (Lipinski definition) is 6. The molecule has 6 nitrogen and oxygen atoms in total. The van der Waals surface area contributed by atoms with Gasteiger partial charge < -0.3 is 14.2 Å². The van der Waals surface area contributed by atoms with Gasteiger partial charge in [0, 0.05) is 5.57 Å². The third kappa shape index (κ3) is 7.40. The number of esters is 3. The van der Waals surface area contributed by atoms with Crippen molar-refractivity contribution in [2.75, 3.05) is 6.61 Å². The second kappa shape index (κ2) is 11.7. The maximum Gasteiger partial charge on any atom is 0.349 e. The number of carbonyl (C=O) groups excluding carboxylic acids is 3. The highest BCUT2D eigenvalue weighted by Crippen LogP contribution is 2.31. The van der Waals surface area contributed by atoms with Gasteiger partial charge in [0.1, 0.15) is 11.5 Å². The van der Waals surface area contributed by atoms with Gasteiger partial charge in [-0.2, -0.15) is 0 Å². The zero-order chi connectivity index (χ0) is 27.2. The van der Waals surface area contributed by atoms with E-state index in [4.69, 9.17) is 14.2 Å². The van der Waals surface area contributed by atoms with Crippen LogP contribution in [0.25, 0.3) is 22.3 Å². The lowest BCUT2D eigenvalue weighted by molar-refractivity contribution is -0.150. The molecule has 3 aromatic carbocycles. The standard InChI is InChI=1S/C31H32O6/c1-7-21-18-24(22-8-13-25(14-9-22)36-28(32)19-35-29(33)20(2)3)12-17-27(21)23-10-15-26(16-11-23)37-30(34)31(4,5)6/h8-18H,2,7,19H2,1,3-6H3. The minimum absolute atomic E-state index is 0.216. The first kappa shape index (κ1) is 27.4. The zero-order valence-electron chi connectivity index (χ0n) is 21.9. The van der Waals surface area contributed by atoms with Crippen LogP contribution >= 0.6 is 0 Å². The summed E-state index contributed by atoms with van der Waals surface area (Å²) in [6.07, 6.45) is 0.836. The van der Waals surface area contributed by atoms with Gasteiger partial charge in [0.15, 0.2) is 6.61 Å².